The number of aromatic nitrogens is 1. The molecule has 4 aromatic rings. The molecule has 0 unspecified atom stereocenters. The van der Waals surface area contributed by atoms with Crippen molar-refractivity contribution in [3.8, 4) is 11.5 Å². The van der Waals surface area contributed by atoms with Crippen LogP contribution in [0.4, 0.5) is 5.69 Å². The molecular formula is C34H33BrN2O5S. The summed E-state index contributed by atoms with van der Waals surface area (Å²) in [5, 5.41) is 12.6. The van der Waals surface area contributed by atoms with Crippen molar-refractivity contribution in [1.29, 1.82) is 0 Å². The van der Waals surface area contributed by atoms with Crippen molar-refractivity contribution in [2.45, 2.75) is 34.2 Å². The number of aliphatic hydroxyl groups is 1. The second-order valence-corrected chi connectivity index (χ2v) is 11.9. The van der Waals surface area contributed by atoms with E-state index in [0.29, 0.717) is 35.4 Å². The highest BCUT2D eigenvalue weighted by atomic mass is 79.9. The van der Waals surface area contributed by atoms with Gasteiger partial charge in [-0.25, -0.2) is 9.79 Å². The number of halogens is 1. The Hall–Kier alpha value is -3.95. The zero-order valence-corrected chi connectivity index (χ0v) is 26.9. The van der Waals surface area contributed by atoms with E-state index in [-0.39, 0.29) is 17.9 Å². The molecule has 9 heteroatoms. The van der Waals surface area contributed by atoms with Gasteiger partial charge < -0.3 is 23.9 Å². The van der Waals surface area contributed by atoms with E-state index in [1.165, 1.54) is 22.9 Å². The topological polar surface area (TPSA) is 82.3 Å². The van der Waals surface area contributed by atoms with Crippen LogP contribution in [0.5, 0.6) is 11.5 Å². The summed E-state index contributed by atoms with van der Waals surface area (Å²) in [7, 11) is 0. The SMILES string of the molecule is CCOC(=O)C1=C(O)/C(=C/c2cn(CCOc3ccc(C)c(C)c3)c3ccc(Br)cc23)SC1=Nc1ccc(OCC)cc1. The number of ether oxygens (including phenoxy) is 3. The molecule has 0 bridgehead atoms. The molecule has 0 amide bonds. The molecule has 0 radical (unpaired) electrons. The normalized spacial score (nSPS) is 15.1. The average Bonchev–Trinajstić information content (AvgIpc) is 3.47. The molecule has 0 saturated heterocycles. The molecule has 3 aromatic carbocycles. The van der Waals surface area contributed by atoms with Crippen molar-refractivity contribution in [3.63, 3.8) is 0 Å². The van der Waals surface area contributed by atoms with Gasteiger partial charge in [0.25, 0.3) is 0 Å². The van der Waals surface area contributed by atoms with Crippen LogP contribution in [0.3, 0.4) is 0 Å². The van der Waals surface area contributed by atoms with Gasteiger partial charge in [0.05, 0.1) is 30.4 Å². The van der Waals surface area contributed by atoms with E-state index in [1.54, 1.807) is 6.92 Å². The maximum Gasteiger partial charge on any atom is 0.344 e. The maximum absolute atomic E-state index is 12.9. The number of benzene rings is 3. The van der Waals surface area contributed by atoms with Crippen LogP contribution in [0, 0.1) is 13.8 Å². The highest BCUT2D eigenvalue weighted by Crippen LogP contribution is 2.41. The standard InChI is InChI=1S/C34H33BrN2O5S/c1-5-40-26-12-9-25(10-13-26)36-33-31(34(39)41-6-2)32(38)30(43-33)18-23-20-37(29-14-8-24(35)19-28(23)29)15-16-42-27-11-7-21(3)22(4)17-27/h7-14,17-20,38H,5-6,15-16H2,1-4H3/b30-18-,36-33?. The Morgan fingerprint density at radius 3 is 2.47 bits per heavy atom. The first-order chi connectivity index (χ1) is 20.8. The summed E-state index contributed by atoms with van der Waals surface area (Å²) in [6.07, 6.45) is 3.92. The number of carbonyl (C=O) groups is 1. The van der Waals surface area contributed by atoms with Crippen molar-refractivity contribution in [2.24, 2.45) is 4.99 Å². The van der Waals surface area contributed by atoms with Crippen LogP contribution in [0.2, 0.25) is 0 Å². The number of aryl methyl sites for hydroxylation is 2. The fraction of sp³-hybridized carbons (Fsp3) is 0.235. The fourth-order valence-corrected chi connectivity index (χ4v) is 6.08. The third-order valence-electron chi connectivity index (χ3n) is 6.99. The van der Waals surface area contributed by atoms with Gasteiger partial charge in [0, 0.05) is 27.1 Å². The molecule has 43 heavy (non-hydrogen) atoms. The van der Waals surface area contributed by atoms with Crippen LogP contribution in [0.1, 0.15) is 30.5 Å². The van der Waals surface area contributed by atoms with Crippen LogP contribution in [0.15, 0.2) is 92.6 Å². The van der Waals surface area contributed by atoms with E-state index in [9.17, 15) is 9.90 Å². The Balaban J connectivity index is 1.47. The van der Waals surface area contributed by atoms with E-state index in [4.69, 9.17) is 14.2 Å². The molecule has 0 atom stereocenters. The number of rotatable bonds is 10. The molecule has 0 saturated carbocycles. The van der Waals surface area contributed by atoms with Crippen molar-refractivity contribution in [2.75, 3.05) is 19.8 Å². The molecule has 7 nitrogen and oxygen atoms in total. The lowest BCUT2D eigenvalue weighted by atomic mass is 10.1. The lowest BCUT2D eigenvalue weighted by Gasteiger charge is -2.10. The fourth-order valence-electron chi connectivity index (χ4n) is 4.70. The van der Waals surface area contributed by atoms with Crippen molar-refractivity contribution in [1.82, 2.24) is 4.57 Å². The third kappa shape index (κ3) is 7.00. The summed E-state index contributed by atoms with van der Waals surface area (Å²) in [6.45, 7) is 9.67. The monoisotopic (exact) mass is 660 g/mol. The second-order valence-electron chi connectivity index (χ2n) is 9.93. The zero-order chi connectivity index (χ0) is 30.5. The third-order valence-corrected chi connectivity index (χ3v) is 8.50. The van der Waals surface area contributed by atoms with Gasteiger partial charge in [-0.15, -0.1) is 0 Å². The Morgan fingerprint density at radius 2 is 1.74 bits per heavy atom. The number of fused-ring (bicyclic) bond motifs is 1. The van der Waals surface area contributed by atoms with Gasteiger partial charge >= 0.3 is 5.97 Å². The molecule has 0 fully saturated rings. The van der Waals surface area contributed by atoms with Crippen LogP contribution in [0.25, 0.3) is 17.0 Å². The summed E-state index contributed by atoms with van der Waals surface area (Å²) >= 11 is 4.83. The highest BCUT2D eigenvalue weighted by Gasteiger charge is 2.33. The van der Waals surface area contributed by atoms with E-state index >= 15 is 0 Å². The smallest absolute Gasteiger partial charge is 0.344 e. The van der Waals surface area contributed by atoms with E-state index < -0.39 is 5.97 Å². The van der Waals surface area contributed by atoms with Crippen molar-refractivity contribution < 1.29 is 24.1 Å². The largest absolute Gasteiger partial charge is 0.506 e. The van der Waals surface area contributed by atoms with Crippen LogP contribution in [-0.2, 0) is 16.1 Å². The number of carbonyl (C=O) groups excluding carboxylic acids is 1. The molecule has 1 aliphatic heterocycles. The van der Waals surface area contributed by atoms with Gasteiger partial charge in [-0.2, -0.15) is 0 Å². The Bertz CT molecular complexity index is 1750. The summed E-state index contributed by atoms with van der Waals surface area (Å²) in [5.41, 5.74) is 5.02. The summed E-state index contributed by atoms with van der Waals surface area (Å²) in [5.74, 6) is 0.807. The minimum atomic E-state index is -0.616. The molecule has 1 aliphatic rings. The molecule has 1 N–H and O–H groups in total. The van der Waals surface area contributed by atoms with Gasteiger partial charge in [-0.3, -0.25) is 0 Å². The number of thioether (sulfide) groups is 1. The highest BCUT2D eigenvalue weighted by molar-refractivity contribution is 9.10. The van der Waals surface area contributed by atoms with Gasteiger partial charge in [0.1, 0.15) is 34.5 Å². The minimum Gasteiger partial charge on any atom is -0.506 e. The maximum atomic E-state index is 12.9. The summed E-state index contributed by atoms with van der Waals surface area (Å²) in [4.78, 5) is 18.1. The lowest BCUT2D eigenvalue weighted by molar-refractivity contribution is -0.138. The van der Waals surface area contributed by atoms with E-state index in [0.717, 1.165) is 32.4 Å². The predicted octanol–water partition coefficient (Wildman–Crippen LogP) is 8.69. The van der Waals surface area contributed by atoms with E-state index in [2.05, 4.69) is 57.5 Å². The van der Waals surface area contributed by atoms with Gasteiger partial charge in [0.2, 0.25) is 0 Å². The quantitative estimate of drug-likeness (QED) is 0.171. The van der Waals surface area contributed by atoms with Gasteiger partial charge in [-0.1, -0.05) is 33.8 Å². The first-order valence-electron chi connectivity index (χ1n) is 14.1. The number of aliphatic hydroxyl groups excluding tert-OH is 1. The second kappa shape index (κ2) is 13.6. The number of hydrogen-bond acceptors (Lipinski definition) is 7. The first kappa shape index (κ1) is 30.5. The minimum absolute atomic E-state index is 0.0543. The Labute approximate surface area is 264 Å². The first-order valence-corrected chi connectivity index (χ1v) is 15.7. The Kier molecular flexibility index (Phi) is 9.62. The van der Waals surface area contributed by atoms with Crippen molar-refractivity contribution in [3.05, 3.63) is 104 Å². The molecule has 0 aliphatic carbocycles. The summed E-state index contributed by atoms with van der Waals surface area (Å²) in [6, 6.07) is 19.5. The van der Waals surface area contributed by atoms with Crippen LogP contribution in [-0.4, -0.2) is 40.5 Å². The molecular weight excluding hydrogens is 628 g/mol. The Morgan fingerprint density at radius 1 is 0.977 bits per heavy atom. The molecule has 1 aromatic heterocycles. The lowest BCUT2D eigenvalue weighted by Crippen LogP contribution is -2.12. The molecule has 5 rings (SSSR count). The molecule has 2 heterocycles. The average molecular weight is 662 g/mol. The number of esters is 1. The van der Waals surface area contributed by atoms with E-state index in [1.807, 2.05) is 61.7 Å². The zero-order valence-electron chi connectivity index (χ0n) is 24.5. The number of hydrogen-bond donors (Lipinski definition) is 1. The molecule has 222 valence electrons. The number of nitrogens with zero attached hydrogens (tertiary/aromatic N) is 2. The summed E-state index contributed by atoms with van der Waals surface area (Å²) < 4.78 is 19.9. The van der Waals surface area contributed by atoms with Gasteiger partial charge in [0.15, 0.2) is 0 Å². The predicted molar refractivity (Wildman–Crippen MR) is 178 cm³/mol. The molecule has 0 spiro atoms. The number of aliphatic imine (C=N–C) groups is 1. The van der Waals surface area contributed by atoms with Crippen molar-refractivity contribution >= 4 is 61.4 Å². The van der Waals surface area contributed by atoms with Crippen LogP contribution < -0.4 is 9.47 Å². The van der Waals surface area contributed by atoms with Crippen LogP contribution >= 0.6 is 27.7 Å². The van der Waals surface area contributed by atoms with Gasteiger partial charge in [-0.05, 0) is 99.5 Å².